The Morgan fingerprint density at radius 2 is 1.81 bits per heavy atom. The van der Waals surface area contributed by atoms with Crippen molar-refractivity contribution in [2.75, 3.05) is 0 Å². The number of ether oxygens (including phenoxy) is 1. The quantitative estimate of drug-likeness (QED) is 0.756. The second-order valence-corrected chi connectivity index (χ2v) is 6.59. The van der Waals surface area contributed by atoms with Gasteiger partial charge in [0.1, 0.15) is 10.9 Å². The van der Waals surface area contributed by atoms with Crippen molar-refractivity contribution in [1.82, 2.24) is 0 Å². The van der Waals surface area contributed by atoms with Gasteiger partial charge in [0, 0.05) is 0 Å². The second kappa shape index (κ2) is 6.13. The molecule has 1 N–H and O–H groups in total. The summed E-state index contributed by atoms with van der Waals surface area (Å²) >= 11 is 1.26. The molecular formula is C11H20O4S. The van der Waals surface area contributed by atoms with Crippen LogP contribution in [0.2, 0.25) is 0 Å². The van der Waals surface area contributed by atoms with Gasteiger partial charge in [0.2, 0.25) is 0 Å². The van der Waals surface area contributed by atoms with Crippen molar-refractivity contribution in [2.45, 2.75) is 57.1 Å². The molecule has 0 saturated carbocycles. The van der Waals surface area contributed by atoms with Gasteiger partial charge < -0.3 is 9.84 Å². The lowest BCUT2D eigenvalue weighted by Crippen LogP contribution is -2.29. The molecule has 1 atom stereocenters. The first-order valence-electron chi connectivity index (χ1n) is 5.22. The van der Waals surface area contributed by atoms with Gasteiger partial charge >= 0.3 is 11.9 Å². The number of aliphatic carboxylic acids is 1. The smallest absolute Gasteiger partial charge is 0.317 e. The summed E-state index contributed by atoms with van der Waals surface area (Å²) in [5.74, 6) is -1.43. The maximum absolute atomic E-state index is 11.5. The van der Waals surface area contributed by atoms with Gasteiger partial charge in [0.15, 0.2) is 0 Å². The van der Waals surface area contributed by atoms with Gasteiger partial charge in [0.05, 0.1) is 6.42 Å². The lowest BCUT2D eigenvalue weighted by Gasteiger charge is -2.21. The topological polar surface area (TPSA) is 63.6 Å². The van der Waals surface area contributed by atoms with Crippen molar-refractivity contribution in [2.24, 2.45) is 0 Å². The van der Waals surface area contributed by atoms with Crippen LogP contribution in [-0.2, 0) is 14.3 Å². The van der Waals surface area contributed by atoms with Crippen molar-refractivity contribution >= 4 is 23.7 Å². The average molecular weight is 248 g/mol. The molecule has 94 valence electrons. The molecule has 0 rings (SSSR count). The highest BCUT2D eigenvalue weighted by Crippen LogP contribution is 2.22. The molecule has 16 heavy (non-hydrogen) atoms. The molecule has 0 fully saturated rings. The summed E-state index contributed by atoms with van der Waals surface area (Å²) in [7, 11) is 0. The Morgan fingerprint density at radius 3 is 2.12 bits per heavy atom. The molecule has 0 amide bonds. The highest BCUT2D eigenvalue weighted by Gasteiger charge is 2.26. The molecule has 0 heterocycles. The molecule has 0 aliphatic heterocycles. The Bertz CT molecular complexity index is 255. The Morgan fingerprint density at radius 1 is 1.31 bits per heavy atom. The average Bonchev–Trinajstić information content (AvgIpc) is 1.97. The van der Waals surface area contributed by atoms with E-state index >= 15 is 0 Å². The SMILES string of the molecule is CC(C)S[C@H](CC(=O)OC(C)(C)C)C(=O)O. The largest absolute Gasteiger partial charge is 0.480 e. The molecule has 0 aromatic rings. The maximum Gasteiger partial charge on any atom is 0.317 e. The number of thioether (sulfide) groups is 1. The van der Waals surface area contributed by atoms with Gasteiger partial charge in [-0.05, 0) is 26.0 Å². The van der Waals surface area contributed by atoms with Gasteiger partial charge in [-0.2, -0.15) is 0 Å². The highest BCUT2D eigenvalue weighted by molar-refractivity contribution is 8.01. The third-order valence-electron chi connectivity index (χ3n) is 1.48. The number of rotatable bonds is 5. The van der Waals surface area contributed by atoms with Crippen molar-refractivity contribution < 1.29 is 19.4 Å². The standard InChI is InChI=1S/C11H20O4S/c1-7(2)16-8(10(13)14)6-9(12)15-11(3,4)5/h7-8H,6H2,1-5H3,(H,13,14)/t8-/m1/s1. The van der Waals surface area contributed by atoms with E-state index in [4.69, 9.17) is 9.84 Å². The van der Waals surface area contributed by atoms with Crippen molar-refractivity contribution in [3.63, 3.8) is 0 Å². The van der Waals surface area contributed by atoms with E-state index in [2.05, 4.69) is 0 Å². The molecule has 5 heteroatoms. The molecule has 0 aromatic carbocycles. The van der Waals surface area contributed by atoms with Gasteiger partial charge in [-0.3, -0.25) is 9.59 Å². The minimum Gasteiger partial charge on any atom is -0.480 e. The summed E-state index contributed by atoms with van der Waals surface area (Å²) in [6, 6.07) is 0. The molecule has 0 aliphatic carbocycles. The van der Waals surface area contributed by atoms with Gasteiger partial charge in [-0.1, -0.05) is 13.8 Å². The van der Waals surface area contributed by atoms with Crippen LogP contribution in [0.3, 0.4) is 0 Å². The molecule has 0 saturated heterocycles. The number of carboxylic acid groups (broad SMARTS) is 1. The van der Waals surface area contributed by atoms with E-state index < -0.39 is 22.8 Å². The van der Waals surface area contributed by atoms with E-state index in [1.807, 2.05) is 13.8 Å². The number of carbonyl (C=O) groups is 2. The summed E-state index contributed by atoms with van der Waals surface area (Å²) in [5, 5.41) is 8.38. The minimum atomic E-state index is -0.968. The summed E-state index contributed by atoms with van der Waals surface area (Å²) in [5.41, 5.74) is -0.567. The Hall–Kier alpha value is -0.710. The summed E-state index contributed by atoms with van der Waals surface area (Å²) in [4.78, 5) is 22.4. The highest BCUT2D eigenvalue weighted by atomic mass is 32.2. The van der Waals surface area contributed by atoms with Crippen LogP contribution in [0.15, 0.2) is 0 Å². The molecule has 0 aliphatic rings. The van der Waals surface area contributed by atoms with E-state index in [-0.39, 0.29) is 11.7 Å². The van der Waals surface area contributed by atoms with Crippen LogP contribution in [-0.4, -0.2) is 33.1 Å². The van der Waals surface area contributed by atoms with Crippen molar-refractivity contribution in [3.8, 4) is 0 Å². The first-order chi connectivity index (χ1) is 7.11. The molecule has 0 radical (unpaired) electrons. The predicted molar refractivity (Wildman–Crippen MR) is 64.6 cm³/mol. The summed E-state index contributed by atoms with van der Waals surface area (Å²) < 4.78 is 5.08. The lowest BCUT2D eigenvalue weighted by molar-refractivity contribution is -0.156. The van der Waals surface area contributed by atoms with Crippen LogP contribution in [0.25, 0.3) is 0 Å². The van der Waals surface area contributed by atoms with E-state index in [0.717, 1.165) is 0 Å². The van der Waals surface area contributed by atoms with E-state index in [1.165, 1.54) is 11.8 Å². The van der Waals surface area contributed by atoms with Crippen LogP contribution in [0.1, 0.15) is 41.0 Å². The Balaban J connectivity index is 4.30. The monoisotopic (exact) mass is 248 g/mol. The van der Waals surface area contributed by atoms with Crippen LogP contribution in [0.4, 0.5) is 0 Å². The number of hydrogen-bond donors (Lipinski definition) is 1. The third-order valence-corrected chi connectivity index (χ3v) is 2.73. The third kappa shape index (κ3) is 7.56. The zero-order chi connectivity index (χ0) is 12.9. The molecule has 0 spiro atoms. The Kier molecular flexibility index (Phi) is 5.86. The van der Waals surface area contributed by atoms with E-state index in [0.29, 0.717) is 0 Å². The van der Waals surface area contributed by atoms with Crippen molar-refractivity contribution in [1.29, 1.82) is 0 Å². The molecular weight excluding hydrogens is 228 g/mol. The van der Waals surface area contributed by atoms with Gasteiger partial charge in [-0.25, -0.2) is 0 Å². The zero-order valence-corrected chi connectivity index (χ0v) is 11.3. The number of carbonyl (C=O) groups excluding carboxylic acids is 1. The summed E-state index contributed by atoms with van der Waals surface area (Å²) in [6.07, 6.45) is -0.0878. The number of hydrogen-bond acceptors (Lipinski definition) is 4. The van der Waals surface area contributed by atoms with Crippen LogP contribution >= 0.6 is 11.8 Å². The predicted octanol–water partition coefficient (Wildman–Crippen LogP) is 2.31. The fraction of sp³-hybridized carbons (Fsp3) is 0.818. The van der Waals surface area contributed by atoms with Crippen LogP contribution in [0, 0.1) is 0 Å². The van der Waals surface area contributed by atoms with Crippen molar-refractivity contribution in [3.05, 3.63) is 0 Å². The van der Waals surface area contributed by atoms with Crippen LogP contribution in [0.5, 0.6) is 0 Å². The van der Waals surface area contributed by atoms with Crippen LogP contribution < -0.4 is 0 Å². The number of carboxylic acids is 1. The minimum absolute atomic E-state index is 0.0878. The first-order valence-corrected chi connectivity index (χ1v) is 6.16. The molecule has 0 unspecified atom stereocenters. The molecule has 0 aromatic heterocycles. The normalized spacial score (nSPS) is 13.6. The fourth-order valence-corrected chi connectivity index (χ4v) is 2.06. The fourth-order valence-electron chi connectivity index (χ4n) is 1.06. The van der Waals surface area contributed by atoms with Gasteiger partial charge in [-0.15, -0.1) is 11.8 Å². The first kappa shape index (κ1) is 15.3. The molecule has 4 nitrogen and oxygen atoms in total. The van der Waals surface area contributed by atoms with Gasteiger partial charge in [0.25, 0.3) is 0 Å². The lowest BCUT2D eigenvalue weighted by atomic mass is 10.2. The Labute approximate surface area is 101 Å². The van der Waals surface area contributed by atoms with E-state index in [1.54, 1.807) is 20.8 Å². The molecule has 0 bridgehead atoms. The second-order valence-electron chi connectivity index (χ2n) is 4.80. The van der Waals surface area contributed by atoms with E-state index in [9.17, 15) is 9.59 Å². The zero-order valence-electron chi connectivity index (χ0n) is 10.4. The summed E-state index contributed by atoms with van der Waals surface area (Å²) in [6.45, 7) is 9.08. The maximum atomic E-state index is 11.5. The number of esters is 1.